The SMILES string of the molecule is CCC(CC(C)C(C)C)C(C)C(C)C. The lowest BCUT2D eigenvalue weighted by Crippen LogP contribution is -2.20. The lowest BCUT2D eigenvalue weighted by molar-refractivity contribution is 0.207. The first-order chi connectivity index (χ1) is 6.40. The normalized spacial score (nSPS) is 18.6. The molecule has 0 heteroatoms. The molecular weight excluding hydrogens is 168 g/mol. The van der Waals surface area contributed by atoms with Crippen molar-refractivity contribution in [2.75, 3.05) is 0 Å². The first-order valence-corrected chi connectivity index (χ1v) is 6.40. The topological polar surface area (TPSA) is 0 Å². The van der Waals surface area contributed by atoms with Crippen LogP contribution in [0.15, 0.2) is 0 Å². The van der Waals surface area contributed by atoms with E-state index in [1.165, 1.54) is 12.8 Å². The predicted molar refractivity (Wildman–Crippen MR) is 66.4 cm³/mol. The zero-order valence-corrected chi connectivity index (χ0v) is 11.3. The highest BCUT2D eigenvalue weighted by atomic mass is 14.3. The molecule has 86 valence electrons. The van der Waals surface area contributed by atoms with Crippen LogP contribution >= 0.6 is 0 Å². The van der Waals surface area contributed by atoms with Crippen molar-refractivity contribution in [3.63, 3.8) is 0 Å². The molecule has 0 aromatic rings. The molecule has 0 fully saturated rings. The average Bonchev–Trinajstić information content (AvgIpc) is 2.12. The van der Waals surface area contributed by atoms with E-state index in [0.29, 0.717) is 0 Å². The van der Waals surface area contributed by atoms with Gasteiger partial charge in [0.1, 0.15) is 0 Å². The Bertz CT molecular complexity index is 135. The Hall–Kier alpha value is 0. The highest BCUT2D eigenvalue weighted by molar-refractivity contribution is 4.71. The molecule has 0 rings (SSSR count). The van der Waals surface area contributed by atoms with E-state index < -0.39 is 0 Å². The maximum atomic E-state index is 2.42. The van der Waals surface area contributed by atoms with Crippen molar-refractivity contribution < 1.29 is 0 Å². The van der Waals surface area contributed by atoms with Gasteiger partial charge in [0, 0.05) is 0 Å². The fraction of sp³-hybridized carbons (Fsp3) is 1.00. The lowest BCUT2D eigenvalue weighted by atomic mass is 9.76. The van der Waals surface area contributed by atoms with Gasteiger partial charge < -0.3 is 0 Å². The summed E-state index contributed by atoms with van der Waals surface area (Å²) in [6.45, 7) is 16.6. The fourth-order valence-corrected chi connectivity index (χ4v) is 2.05. The summed E-state index contributed by atoms with van der Waals surface area (Å²) in [5, 5.41) is 0. The van der Waals surface area contributed by atoms with Gasteiger partial charge in [-0.2, -0.15) is 0 Å². The van der Waals surface area contributed by atoms with Crippen molar-refractivity contribution in [1.82, 2.24) is 0 Å². The van der Waals surface area contributed by atoms with Crippen molar-refractivity contribution in [2.45, 2.75) is 61.3 Å². The first-order valence-electron chi connectivity index (χ1n) is 6.40. The average molecular weight is 198 g/mol. The van der Waals surface area contributed by atoms with Crippen molar-refractivity contribution in [3.8, 4) is 0 Å². The van der Waals surface area contributed by atoms with Gasteiger partial charge in [-0.05, 0) is 36.0 Å². The third-order valence-electron chi connectivity index (χ3n) is 4.13. The first kappa shape index (κ1) is 14.0. The van der Waals surface area contributed by atoms with Crippen LogP contribution in [-0.2, 0) is 0 Å². The molecule has 0 saturated carbocycles. The minimum Gasteiger partial charge on any atom is -0.0651 e. The van der Waals surface area contributed by atoms with Gasteiger partial charge >= 0.3 is 0 Å². The summed E-state index contributed by atoms with van der Waals surface area (Å²) in [7, 11) is 0. The summed E-state index contributed by atoms with van der Waals surface area (Å²) < 4.78 is 0. The summed E-state index contributed by atoms with van der Waals surface area (Å²) in [5.41, 5.74) is 0. The van der Waals surface area contributed by atoms with E-state index in [1.54, 1.807) is 0 Å². The van der Waals surface area contributed by atoms with Crippen LogP contribution in [-0.4, -0.2) is 0 Å². The largest absolute Gasteiger partial charge is 0.0651 e. The van der Waals surface area contributed by atoms with Crippen molar-refractivity contribution in [2.24, 2.45) is 29.6 Å². The molecule has 0 aliphatic rings. The molecule has 0 radical (unpaired) electrons. The Morgan fingerprint density at radius 1 is 0.786 bits per heavy atom. The van der Waals surface area contributed by atoms with Crippen molar-refractivity contribution in [3.05, 3.63) is 0 Å². The Kier molecular flexibility index (Phi) is 6.48. The number of rotatable bonds is 6. The zero-order valence-electron chi connectivity index (χ0n) is 11.3. The third kappa shape index (κ3) is 4.48. The predicted octanol–water partition coefficient (Wildman–Crippen LogP) is 4.99. The van der Waals surface area contributed by atoms with Crippen LogP contribution < -0.4 is 0 Å². The van der Waals surface area contributed by atoms with E-state index in [9.17, 15) is 0 Å². The van der Waals surface area contributed by atoms with Crippen LogP contribution in [0.5, 0.6) is 0 Å². The molecule has 0 saturated heterocycles. The standard InChI is InChI=1S/C14H30/c1-8-14(13(7)11(4)5)9-12(6)10(2)3/h10-14H,8-9H2,1-7H3. The molecule has 0 amide bonds. The highest BCUT2D eigenvalue weighted by Gasteiger charge is 2.21. The van der Waals surface area contributed by atoms with Crippen LogP contribution in [0.25, 0.3) is 0 Å². The van der Waals surface area contributed by atoms with E-state index >= 15 is 0 Å². The molecule has 0 N–H and O–H groups in total. The Labute approximate surface area is 91.5 Å². The summed E-state index contributed by atoms with van der Waals surface area (Å²) in [6.07, 6.45) is 2.75. The zero-order chi connectivity index (χ0) is 11.3. The van der Waals surface area contributed by atoms with Crippen LogP contribution in [0.2, 0.25) is 0 Å². The van der Waals surface area contributed by atoms with E-state index in [4.69, 9.17) is 0 Å². The Morgan fingerprint density at radius 2 is 1.29 bits per heavy atom. The quantitative estimate of drug-likeness (QED) is 0.564. The van der Waals surface area contributed by atoms with Crippen LogP contribution in [0.4, 0.5) is 0 Å². The Morgan fingerprint density at radius 3 is 1.57 bits per heavy atom. The van der Waals surface area contributed by atoms with E-state index in [-0.39, 0.29) is 0 Å². The molecule has 0 heterocycles. The smallest absolute Gasteiger partial charge is 0.0386 e. The highest BCUT2D eigenvalue weighted by Crippen LogP contribution is 2.31. The van der Waals surface area contributed by atoms with Gasteiger partial charge in [0.2, 0.25) is 0 Å². The van der Waals surface area contributed by atoms with Crippen molar-refractivity contribution >= 4 is 0 Å². The lowest BCUT2D eigenvalue weighted by Gasteiger charge is -2.29. The second kappa shape index (κ2) is 6.48. The van der Waals surface area contributed by atoms with E-state index in [1.807, 2.05) is 0 Å². The van der Waals surface area contributed by atoms with Gasteiger partial charge in [-0.15, -0.1) is 0 Å². The van der Waals surface area contributed by atoms with E-state index in [0.717, 1.165) is 29.6 Å². The van der Waals surface area contributed by atoms with Gasteiger partial charge in [-0.25, -0.2) is 0 Å². The van der Waals surface area contributed by atoms with Gasteiger partial charge in [0.15, 0.2) is 0 Å². The second-order valence-corrected chi connectivity index (χ2v) is 5.73. The molecule has 3 atom stereocenters. The summed E-state index contributed by atoms with van der Waals surface area (Å²) >= 11 is 0. The fourth-order valence-electron chi connectivity index (χ4n) is 2.05. The molecule has 0 aliphatic carbocycles. The number of hydrogen-bond acceptors (Lipinski definition) is 0. The van der Waals surface area contributed by atoms with Gasteiger partial charge in [0.25, 0.3) is 0 Å². The summed E-state index contributed by atoms with van der Waals surface area (Å²) in [4.78, 5) is 0. The van der Waals surface area contributed by atoms with Crippen LogP contribution in [0.1, 0.15) is 61.3 Å². The van der Waals surface area contributed by atoms with E-state index in [2.05, 4.69) is 48.5 Å². The molecule has 0 aromatic heterocycles. The summed E-state index contributed by atoms with van der Waals surface area (Å²) in [5.74, 6) is 4.34. The summed E-state index contributed by atoms with van der Waals surface area (Å²) in [6, 6.07) is 0. The molecule has 0 spiro atoms. The minimum absolute atomic E-state index is 0.833. The van der Waals surface area contributed by atoms with Crippen molar-refractivity contribution in [1.29, 1.82) is 0 Å². The third-order valence-corrected chi connectivity index (χ3v) is 4.13. The van der Waals surface area contributed by atoms with Gasteiger partial charge in [-0.1, -0.05) is 54.9 Å². The van der Waals surface area contributed by atoms with Gasteiger partial charge in [-0.3, -0.25) is 0 Å². The Balaban J connectivity index is 4.14. The number of hydrogen-bond donors (Lipinski definition) is 0. The van der Waals surface area contributed by atoms with Gasteiger partial charge in [0.05, 0.1) is 0 Å². The second-order valence-electron chi connectivity index (χ2n) is 5.73. The molecule has 0 aliphatic heterocycles. The molecule has 0 nitrogen and oxygen atoms in total. The van der Waals surface area contributed by atoms with Crippen LogP contribution in [0.3, 0.4) is 0 Å². The maximum Gasteiger partial charge on any atom is -0.0386 e. The maximum absolute atomic E-state index is 2.42. The molecule has 3 unspecified atom stereocenters. The molecule has 0 aromatic carbocycles. The van der Waals surface area contributed by atoms with Crippen LogP contribution in [0, 0.1) is 29.6 Å². The molecule has 0 bridgehead atoms. The molecular formula is C14H30. The monoisotopic (exact) mass is 198 g/mol. The molecule has 14 heavy (non-hydrogen) atoms. The minimum atomic E-state index is 0.833.